The van der Waals surface area contributed by atoms with Crippen LogP contribution in [0.2, 0.25) is 0 Å². The number of hydrogen-bond acceptors (Lipinski definition) is 4. The SMILES string of the molecule is CCCCCCCOC(=O)C1CCC(C(=O)OC)CC1. The summed E-state index contributed by atoms with van der Waals surface area (Å²) in [6, 6.07) is 0. The number of hydrogen-bond donors (Lipinski definition) is 0. The normalized spacial score (nSPS) is 22.3. The molecule has 0 atom stereocenters. The monoisotopic (exact) mass is 284 g/mol. The third-order valence-electron chi connectivity index (χ3n) is 4.09. The van der Waals surface area contributed by atoms with Gasteiger partial charge in [-0.2, -0.15) is 0 Å². The molecule has 0 spiro atoms. The van der Waals surface area contributed by atoms with Crippen molar-refractivity contribution in [3.8, 4) is 0 Å². The fraction of sp³-hybridized carbons (Fsp3) is 0.875. The predicted octanol–water partition coefficient (Wildman–Crippen LogP) is 3.48. The summed E-state index contributed by atoms with van der Waals surface area (Å²) in [5, 5.41) is 0. The number of carbonyl (C=O) groups excluding carboxylic acids is 2. The van der Waals surface area contributed by atoms with E-state index < -0.39 is 0 Å². The van der Waals surface area contributed by atoms with Crippen LogP contribution in [0.3, 0.4) is 0 Å². The van der Waals surface area contributed by atoms with Gasteiger partial charge in [-0.05, 0) is 32.1 Å². The molecule has 0 heterocycles. The van der Waals surface area contributed by atoms with Gasteiger partial charge in [0.15, 0.2) is 0 Å². The van der Waals surface area contributed by atoms with Gasteiger partial charge in [-0.15, -0.1) is 0 Å². The van der Waals surface area contributed by atoms with Crippen LogP contribution in [0.15, 0.2) is 0 Å². The van der Waals surface area contributed by atoms with E-state index in [0.29, 0.717) is 6.61 Å². The Morgan fingerprint density at radius 1 is 0.900 bits per heavy atom. The third-order valence-corrected chi connectivity index (χ3v) is 4.09. The first kappa shape index (κ1) is 17.0. The zero-order valence-electron chi connectivity index (χ0n) is 12.9. The van der Waals surface area contributed by atoms with E-state index in [-0.39, 0.29) is 23.8 Å². The van der Waals surface area contributed by atoms with E-state index in [9.17, 15) is 9.59 Å². The Bertz CT molecular complexity index is 293. The molecule has 0 aromatic heterocycles. The maximum atomic E-state index is 11.9. The summed E-state index contributed by atoms with van der Waals surface area (Å²) < 4.78 is 10.1. The lowest BCUT2D eigenvalue weighted by Crippen LogP contribution is -2.28. The highest BCUT2D eigenvalue weighted by Gasteiger charge is 2.31. The minimum Gasteiger partial charge on any atom is -0.469 e. The van der Waals surface area contributed by atoms with E-state index in [4.69, 9.17) is 9.47 Å². The number of esters is 2. The fourth-order valence-corrected chi connectivity index (χ4v) is 2.73. The van der Waals surface area contributed by atoms with Gasteiger partial charge in [0.05, 0.1) is 25.6 Å². The first-order valence-corrected chi connectivity index (χ1v) is 7.93. The van der Waals surface area contributed by atoms with Crippen molar-refractivity contribution in [1.82, 2.24) is 0 Å². The van der Waals surface area contributed by atoms with Gasteiger partial charge in [0.1, 0.15) is 0 Å². The van der Waals surface area contributed by atoms with E-state index in [0.717, 1.165) is 38.5 Å². The second kappa shape index (κ2) is 9.78. The lowest BCUT2D eigenvalue weighted by Gasteiger charge is -2.25. The molecule has 1 saturated carbocycles. The maximum absolute atomic E-state index is 11.9. The number of rotatable bonds is 8. The molecule has 0 saturated heterocycles. The van der Waals surface area contributed by atoms with Crippen LogP contribution >= 0.6 is 0 Å². The molecule has 0 N–H and O–H groups in total. The van der Waals surface area contributed by atoms with Crippen molar-refractivity contribution in [1.29, 1.82) is 0 Å². The van der Waals surface area contributed by atoms with Crippen molar-refractivity contribution in [3.05, 3.63) is 0 Å². The molecular formula is C16H28O4. The summed E-state index contributed by atoms with van der Waals surface area (Å²) in [5.41, 5.74) is 0. The molecule has 0 aromatic rings. The van der Waals surface area contributed by atoms with E-state index in [1.807, 2.05) is 0 Å². The lowest BCUT2D eigenvalue weighted by atomic mass is 9.82. The Labute approximate surface area is 122 Å². The third kappa shape index (κ3) is 5.93. The van der Waals surface area contributed by atoms with Gasteiger partial charge >= 0.3 is 11.9 Å². The first-order valence-electron chi connectivity index (χ1n) is 7.93. The summed E-state index contributed by atoms with van der Waals surface area (Å²) in [5.74, 6) is -0.277. The van der Waals surface area contributed by atoms with E-state index in [1.54, 1.807) is 0 Å². The van der Waals surface area contributed by atoms with Crippen molar-refractivity contribution in [3.63, 3.8) is 0 Å². The van der Waals surface area contributed by atoms with Crippen molar-refractivity contribution in [2.75, 3.05) is 13.7 Å². The summed E-state index contributed by atoms with van der Waals surface area (Å²) in [4.78, 5) is 23.3. The number of unbranched alkanes of at least 4 members (excludes halogenated alkanes) is 4. The van der Waals surface area contributed by atoms with Gasteiger partial charge < -0.3 is 9.47 Å². The Kier molecular flexibility index (Phi) is 8.31. The average Bonchev–Trinajstić information content (AvgIpc) is 2.50. The Hall–Kier alpha value is -1.06. The van der Waals surface area contributed by atoms with Crippen LogP contribution in [0.4, 0.5) is 0 Å². The van der Waals surface area contributed by atoms with Crippen molar-refractivity contribution in [2.45, 2.75) is 64.7 Å². The predicted molar refractivity (Wildman–Crippen MR) is 77.2 cm³/mol. The average molecular weight is 284 g/mol. The zero-order valence-corrected chi connectivity index (χ0v) is 12.9. The highest BCUT2D eigenvalue weighted by Crippen LogP contribution is 2.30. The van der Waals surface area contributed by atoms with Gasteiger partial charge in [0.2, 0.25) is 0 Å². The molecule has 1 aliphatic carbocycles. The van der Waals surface area contributed by atoms with E-state index in [1.165, 1.54) is 26.4 Å². The van der Waals surface area contributed by atoms with Crippen LogP contribution in [0.1, 0.15) is 64.7 Å². The van der Waals surface area contributed by atoms with Crippen LogP contribution in [0.25, 0.3) is 0 Å². The van der Waals surface area contributed by atoms with Crippen molar-refractivity contribution < 1.29 is 19.1 Å². The quantitative estimate of drug-likeness (QED) is 0.506. The van der Waals surface area contributed by atoms with Crippen LogP contribution in [0.5, 0.6) is 0 Å². The molecule has 116 valence electrons. The molecule has 1 fully saturated rings. The summed E-state index contributed by atoms with van der Waals surface area (Å²) >= 11 is 0. The van der Waals surface area contributed by atoms with Gasteiger partial charge in [-0.3, -0.25) is 9.59 Å². The van der Waals surface area contributed by atoms with Gasteiger partial charge in [-0.25, -0.2) is 0 Å². The fourth-order valence-electron chi connectivity index (χ4n) is 2.73. The van der Waals surface area contributed by atoms with E-state index in [2.05, 4.69) is 6.92 Å². The van der Waals surface area contributed by atoms with Crippen molar-refractivity contribution in [2.24, 2.45) is 11.8 Å². The standard InChI is InChI=1S/C16H28O4/c1-3-4-5-6-7-12-20-16(18)14-10-8-13(9-11-14)15(17)19-2/h13-14H,3-12H2,1-2H3. The molecule has 20 heavy (non-hydrogen) atoms. The molecule has 1 aliphatic rings. The number of carbonyl (C=O) groups is 2. The van der Waals surface area contributed by atoms with Crippen LogP contribution in [-0.4, -0.2) is 25.7 Å². The molecular weight excluding hydrogens is 256 g/mol. The minimum absolute atomic E-state index is 0.0217. The van der Waals surface area contributed by atoms with E-state index >= 15 is 0 Å². The minimum atomic E-state index is -0.146. The zero-order chi connectivity index (χ0) is 14.8. The van der Waals surface area contributed by atoms with Gasteiger partial charge in [0, 0.05) is 0 Å². The molecule has 0 aromatic carbocycles. The largest absolute Gasteiger partial charge is 0.469 e. The highest BCUT2D eigenvalue weighted by molar-refractivity contribution is 5.75. The first-order chi connectivity index (χ1) is 9.69. The molecule has 0 radical (unpaired) electrons. The molecule has 0 bridgehead atoms. The Balaban J connectivity index is 2.11. The molecule has 0 amide bonds. The summed E-state index contributed by atoms with van der Waals surface area (Å²) in [6.07, 6.45) is 8.77. The maximum Gasteiger partial charge on any atom is 0.308 e. The Morgan fingerprint density at radius 3 is 2.00 bits per heavy atom. The van der Waals surface area contributed by atoms with Crippen LogP contribution < -0.4 is 0 Å². The van der Waals surface area contributed by atoms with Crippen LogP contribution in [-0.2, 0) is 19.1 Å². The second-order valence-corrected chi connectivity index (χ2v) is 5.65. The van der Waals surface area contributed by atoms with Crippen molar-refractivity contribution >= 4 is 11.9 Å². The molecule has 0 aliphatic heterocycles. The van der Waals surface area contributed by atoms with Gasteiger partial charge in [-0.1, -0.05) is 32.6 Å². The number of ether oxygens (including phenoxy) is 2. The molecule has 4 nitrogen and oxygen atoms in total. The molecule has 0 unspecified atom stereocenters. The second-order valence-electron chi connectivity index (χ2n) is 5.65. The van der Waals surface area contributed by atoms with Crippen LogP contribution in [0, 0.1) is 11.8 Å². The highest BCUT2D eigenvalue weighted by atomic mass is 16.5. The van der Waals surface area contributed by atoms with Gasteiger partial charge in [0.25, 0.3) is 0 Å². The summed E-state index contributed by atoms with van der Waals surface area (Å²) in [7, 11) is 1.42. The molecule has 1 rings (SSSR count). The topological polar surface area (TPSA) is 52.6 Å². The number of methoxy groups -OCH3 is 1. The summed E-state index contributed by atoms with van der Waals surface area (Å²) in [6.45, 7) is 2.73. The smallest absolute Gasteiger partial charge is 0.308 e. The lowest BCUT2D eigenvalue weighted by molar-refractivity contribution is -0.153. The Morgan fingerprint density at radius 2 is 1.45 bits per heavy atom. The molecule has 4 heteroatoms.